The highest BCUT2D eigenvalue weighted by Crippen LogP contribution is 2.23. The molecule has 0 spiro atoms. The third-order valence-corrected chi connectivity index (χ3v) is 2.77. The number of likely N-dealkylation sites (N-methyl/N-ethyl adjacent to an activating group) is 1. The normalized spacial score (nSPS) is 13.8. The molecule has 7 heteroatoms. The predicted molar refractivity (Wildman–Crippen MR) is 64.7 cm³/mol. The minimum Gasteiger partial charge on any atom is -0.373 e. The quantitative estimate of drug-likeness (QED) is 0.745. The van der Waals surface area contributed by atoms with E-state index in [4.69, 9.17) is 0 Å². The number of halogens is 5. The Hall–Kier alpha value is -1.21. The molecule has 0 aliphatic rings. The Morgan fingerprint density at radius 3 is 2.45 bits per heavy atom. The number of nitrogens with one attached hydrogen (secondary N) is 1. The van der Waals surface area contributed by atoms with Crippen molar-refractivity contribution in [1.82, 2.24) is 5.32 Å². The largest absolute Gasteiger partial charge is 0.373 e. The van der Waals surface area contributed by atoms with Crippen LogP contribution in [0, 0.1) is 5.82 Å². The fraction of sp³-hybridized carbons (Fsp3) is 0.538. The molecule has 0 aromatic heterocycles. The smallest absolute Gasteiger partial charge is 0.330 e. The molecule has 0 saturated carbocycles. The minimum atomic E-state index is -4.17. The first-order valence-corrected chi connectivity index (χ1v) is 6.01. The van der Waals surface area contributed by atoms with Crippen LogP contribution in [0.2, 0.25) is 0 Å². The maximum absolute atomic E-state index is 13.4. The van der Waals surface area contributed by atoms with Crippen LogP contribution in [0.4, 0.5) is 22.0 Å². The van der Waals surface area contributed by atoms with Gasteiger partial charge in [-0.3, -0.25) is 0 Å². The van der Waals surface area contributed by atoms with E-state index in [0.717, 1.165) is 0 Å². The third kappa shape index (κ3) is 5.05. The van der Waals surface area contributed by atoms with Crippen molar-refractivity contribution in [2.75, 3.05) is 20.3 Å². The van der Waals surface area contributed by atoms with E-state index in [9.17, 15) is 22.0 Å². The van der Waals surface area contributed by atoms with Crippen molar-refractivity contribution in [3.8, 4) is 0 Å². The Kier molecular flexibility index (Phi) is 6.35. The van der Waals surface area contributed by atoms with Crippen LogP contribution in [0.25, 0.3) is 0 Å². The van der Waals surface area contributed by atoms with Gasteiger partial charge in [0, 0.05) is 6.04 Å². The lowest BCUT2D eigenvalue weighted by atomic mass is 10.1. The van der Waals surface area contributed by atoms with Gasteiger partial charge in [-0.15, -0.1) is 0 Å². The second-order valence-corrected chi connectivity index (χ2v) is 4.36. The van der Waals surface area contributed by atoms with Crippen molar-refractivity contribution in [3.63, 3.8) is 0 Å². The van der Waals surface area contributed by atoms with Gasteiger partial charge in [0.25, 0.3) is 0 Å². The Labute approximate surface area is 113 Å². The summed E-state index contributed by atoms with van der Waals surface area (Å²) >= 11 is 0. The first-order valence-electron chi connectivity index (χ1n) is 6.01. The molecule has 1 atom stereocenters. The Balaban J connectivity index is 2.47. The molecular weight excluding hydrogens is 281 g/mol. The fourth-order valence-corrected chi connectivity index (χ4v) is 1.57. The van der Waals surface area contributed by atoms with Gasteiger partial charge in [-0.1, -0.05) is 18.2 Å². The summed E-state index contributed by atoms with van der Waals surface area (Å²) in [6.45, 7) is -1.58. The Bertz CT molecular complexity index is 414. The average molecular weight is 297 g/mol. The zero-order valence-electron chi connectivity index (χ0n) is 10.9. The monoisotopic (exact) mass is 297 g/mol. The van der Waals surface area contributed by atoms with E-state index in [0.29, 0.717) is 5.56 Å². The summed E-state index contributed by atoms with van der Waals surface area (Å²) in [7, 11) is 1.56. The third-order valence-electron chi connectivity index (χ3n) is 2.77. The van der Waals surface area contributed by atoms with E-state index < -0.39 is 30.8 Å². The number of rotatable bonds is 8. The predicted octanol–water partition coefficient (Wildman–Crippen LogP) is 2.87. The van der Waals surface area contributed by atoms with Crippen LogP contribution < -0.4 is 5.32 Å². The van der Waals surface area contributed by atoms with E-state index in [1.54, 1.807) is 19.2 Å². The molecule has 0 bridgehead atoms. The maximum Gasteiger partial charge on any atom is 0.330 e. The van der Waals surface area contributed by atoms with E-state index in [1.807, 2.05) is 0 Å². The summed E-state index contributed by atoms with van der Waals surface area (Å²) in [5, 5.41) is 2.77. The van der Waals surface area contributed by atoms with Crippen molar-refractivity contribution < 1.29 is 26.7 Å². The van der Waals surface area contributed by atoms with Gasteiger partial charge >= 0.3 is 12.3 Å². The van der Waals surface area contributed by atoms with Crippen LogP contribution >= 0.6 is 0 Å². The highest BCUT2D eigenvalue weighted by molar-refractivity contribution is 5.18. The highest BCUT2D eigenvalue weighted by atomic mass is 19.3. The van der Waals surface area contributed by atoms with Gasteiger partial charge in [0.15, 0.2) is 0 Å². The van der Waals surface area contributed by atoms with Gasteiger partial charge in [-0.25, -0.2) is 13.2 Å². The molecule has 1 aromatic rings. The second-order valence-electron chi connectivity index (χ2n) is 4.36. The summed E-state index contributed by atoms with van der Waals surface area (Å²) in [6, 6.07) is 5.59. The number of hydrogen-bond donors (Lipinski definition) is 1. The first-order chi connectivity index (χ1) is 9.36. The molecule has 1 rings (SSSR count). The minimum absolute atomic E-state index is 0.212. The molecule has 20 heavy (non-hydrogen) atoms. The summed E-state index contributed by atoms with van der Waals surface area (Å²) in [6.07, 6.45) is -3.55. The molecule has 1 N–H and O–H groups in total. The van der Waals surface area contributed by atoms with E-state index in [-0.39, 0.29) is 13.0 Å². The van der Waals surface area contributed by atoms with Crippen molar-refractivity contribution in [2.45, 2.75) is 24.8 Å². The average Bonchev–Trinajstić information content (AvgIpc) is 2.39. The van der Waals surface area contributed by atoms with Gasteiger partial charge in [-0.2, -0.15) is 8.78 Å². The molecule has 0 amide bonds. The summed E-state index contributed by atoms with van der Waals surface area (Å²) in [4.78, 5) is 0. The lowest BCUT2D eigenvalue weighted by Gasteiger charge is -2.20. The Morgan fingerprint density at radius 1 is 1.25 bits per heavy atom. The van der Waals surface area contributed by atoms with Gasteiger partial charge in [0.1, 0.15) is 12.4 Å². The van der Waals surface area contributed by atoms with Crippen LogP contribution in [-0.4, -0.2) is 38.7 Å². The van der Waals surface area contributed by atoms with Gasteiger partial charge in [0.2, 0.25) is 0 Å². The van der Waals surface area contributed by atoms with Crippen molar-refractivity contribution in [1.29, 1.82) is 0 Å². The van der Waals surface area contributed by atoms with Crippen LogP contribution in [0.15, 0.2) is 24.3 Å². The molecule has 2 nitrogen and oxygen atoms in total. The van der Waals surface area contributed by atoms with E-state index in [2.05, 4.69) is 10.1 Å². The summed E-state index contributed by atoms with van der Waals surface area (Å²) in [5.74, 6) is -4.58. The number of hydrogen-bond acceptors (Lipinski definition) is 2. The molecule has 1 unspecified atom stereocenters. The van der Waals surface area contributed by atoms with Crippen molar-refractivity contribution in [2.24, 2.45) is 0 Å². The second kappa shape index (κ2) is 7.54. The van der Waals surface area contributed by atoms with E-state index in [1.165, 1.54) is 12.1 Å². The van der Waals surface area contributed by atoms with Crippen LogP contribution in [0.3, 0.4) is 0 Å². The summed E-state index contributed by atoms with van der Waals surface area (Å²) < 4.78 is 67.1. The fourth-order valence-electron chi connectivity index (χ4n) is 1.57. The van der Waals surface area contributed by atoms with Crippen molar-refractivity contribution in [3.05, 3.63) is 35.6 Å². The van der Waals surface area contributed by atoms with E-state index >= 15 is 0 Å². The molecular formula is C13H16F5NO. The molecule has 0 heterocycles. The molecule has 1 aromatic carbocycles. The molecule has 0 fully saturated rings. The summed E-state index contributed by atoms with van der Waals surface area (Å²) in [5.41, 5.74) is 0.399. The lowest BCUT2D eigenvalue weighted by molar-refractivity contribution is -0.166. The topological polar surface area (TPSA) is 21.3 Å². The molecule has 0 radical (unpaired) electrons. The first kappa shape index (κ1) is 16.8. The SMILES string of the molecule is CNC(COCC(F)(F)C(F)F)Cc1ccccc1F. The molecule has 114 valence electrons. The van der Waals surface area contributed by atoms with Gasteiger partial charge < -0.3 is 10.1 Å². The highest BCUT2D eigenvalue weighted by Gasteiger charge is 2.41. The molecule has 0 aliphatic heterocycles. The number of alkyl halides is 4. The molecule has 0 aliphatic carbocycles. The van der Waals surface area contributed by atoms with Crippen LogP contribution in [-0.2, 0) is 11.2 Å². The lowest BCUT2D eigenvalue weighted by Crippen LogP contribution is -2.37. The van der Waals surface area contributed by atoms with Crippen molar-refractivity contribution >= 4 is 0 Å². The zero-order chi connectivity index (χ0) is 15.2. The standard InChI is InChI=1S/C13H16F5NO/c1-19-10(6-9-4-2-3-5-11(9)14)7-20-8-13(17,18)12(15)16/h2-5,10,12,19H,6-8H2,1H3. The van der Waals surface area contributed by atoms with Gasteiger partial charge in [0.05, 0.1) is 6.61 Å². The number of ether oxygens (including phenoxy) is 1. The van der Waals surface area contributed by atoms with Gasteiger partial charge in [-0.05, 0) is 25.1 Å². The molecule has 0 saturated heterocycles. The maximum atomic E-state index is 13.4. The Morgan fingerprint density at radius 2 is 1.90 bits per heavy atom. The van der Waals surface area contributed by atoms with Crippen LogP contribution in [0.5, 0.6) is 0 Å². The number of benzene rings is 1. The zero-order valence-corrected chi connectivity index (χ0v) is 10.9. The van der Waals surface area contributed by atoms with Crippen LogP contribution in [0.1, 0.15) is 5.56 Å².